The number of benzene rings is 1. The maximum absolute atomic E-state index is 13.9. The molecule has 0 radical (unpaired) electrons. The van der Waals surface area contributed by atoms with Crippen molar-refractivity contribution in [2.45, 2.75) is 32.7 Å². The number of hydrogen-bond acceptors (Lipinski definition) is 3. The molecule has 0 saturated heterocycles. The first-order chi connectivity index (χ1) is 9.52. The van der Waals surface area contributed by atoms with Crippen molar-refractivity contribution in [3.8, 4) is 0 Å². The van der Waals surface area contributed by atoms with Crippen LogP contribution in [0.25, 0.3) is 0 Å². The van der Waals surface area contributed by atoms with Gasteiger partial charge in [0.05, 0.1) is 15.7 Å². The van der Waals surface area contributed by atoms with Crippen LogP contribution in [-0.4, -0.2) is 12.0 Å². The minimum Gasteiger partial charge on any atom is -0.315 e. The topological polar surface area (TPSA) is 24.9 Å². The fraction of sp³-hybridized carbons (Fsp3) is 0.400. The molecule has 0 aliphatic rings. The number of rotatable bonds is 5. The lowest BCUT2D eigenvalue weighted by Gasteiger charge is -2.03. The average Bonchev–Trinajstić information content (AvgIpc) is 2.79. The highest BCUT2D eigenvalue weighted by Gasteiger charge is 2.15. The maximum Gasteiger partial charge on any atom is 0.145 e. The molecule has 0 aliphatic heterocycles. The van der Waals surface area contributed by atoms with E-state index in [-0.39, 0.29) is 10.8 Å². The first kappa shape index (κ1) is 15.4. The fourth-order valence-corrected chi connectivity index (χ4v) is 3.53. The predicted octanol–water partition coefficient (Wildman–Crippen LogP) is 4.37. The second-order valence-electron chi connectivity index (χ2n) is 4.99. The zero-order valence-corrected chi connectivity index (χ0v) is 13.4. The van der Waals surface area contributed by atoms with Crippen molar-refractivity contribution in [2.75, 3.05) is 7.05 Å². The molecule has 20 heavy (non-hydrogen) atoms. The van der Waals surface area contributed by atoms with Crippen molar-refractivity contribution < 1.29 is 4.39 Å². The molecule has 0 spiro atoms. The first-order valence-corrected chi connectivity index (χ1v) is 7.78. The van der Waals surface area contributed by atoms with Crippen molar-refractivity contribution in [1.29, 1.82) is 0 Å². The zero-order chi connectivity index (χ0) is 14.7. The summed E-state index contributed by atoms with van der Waals surface area (Å²) in [7, 11) is 1.92. The monoisotopic (exact) mass is 312 g/mol. The summed E-state index contributed by atoms with van der Waals surface area (Å²) in [6.45, 7) is 5.04. The quantitative estimate of drug-likeness (QED) is 0.887. The molecule has 108 valence electrons. The van der Waals surface area contributed by atoms with Gasteiger partial charge in [-0.1, -0.05) is 37.6 Å². The molecular weight excluding hydrogens is 295 g/mol. The summed E-state index contributed by atoms with van der Waals surface area (Å²) in [6.07, 6.45) is 0.487. The molecule has 1 aromatic carbocycles. The Labute approximate surface area is 128 Å². The van der Waals surface area contributed by atoms with Crippen LogP contribution in [-0.2, 0) is 13.0 Å². The Balaban J connectivity index is 2.29. The molecule has 0 fully saturated rings. The van der Waals surface area contributed by atoms with Crippen LogP contribution in [0.2, 0.25) is 5.02 Å². The van der Waals surface area contributed by atoms with Crippen LogP contribution >= 0.6 is 22.9 Å². The fourth-order valence-electron chi connectivity index (χ4n) is 2.08. The number of thiazole rings is 1. The standard InChI is InChI=1S/C15H18ClFN2S/c1-9(2)15-12(8-18-3)20-13(19-15)7-10-5-4-6-11(16)14(10)17/h4-6,9,18H,7-8H2,1-3H3. The molecule has 5 heteroatoms. The summed E-state index contributed by atoms with van der Waals surface area (Å²) in [5.41, 5.74) is 1.69. The molecular formula is C15H18ClFN2S. The number of hydrogen-bond donors (Lipinski definition) is 1. The Hall–Kier alpha value is -0.970. The molecule has 0 aliphatic carbocycles. The second-order valence-corrected chi connectivity index (χ2v) is 6.57. The Morgan fingerprint density at radius 2 is 2.15 bits per heavy atom. The van der Waals surface area contributed by atoms with E-state index in [9.17, 15) is 4.39 Å². The van der Waals surface area contributed by atoms with E-state index in [2.05, 4.69) is 24.1 Å². The summed E-state index contributed by atoms with van der Waals surface area (Å²) in [5.74, 6) is 0.0261. The van der Waals surface area contributed by atoms with E-state index < -0.39 is 0 Å². The molecule has 0 atom stereocenters. The lowest BCUT2D eigenvalue weighted by Crippen LogP contribution is -2.06. The Morgan fingerprint density at radius 3 is 2.80 bits per heavy atom. The second kappa shape index (κ2) is 6.66. The van der Waals surface area contributed by atoms with Crippen LogP contribution in [0.5, 0.6) is 0 Å². The highest BCUT2D eigenvalue weighted by atomic mass is 35.5. The van der Waals surface area contributed by atoms with Gasteiger partial charge in [-0.25, -0.2) is 9.37 Å². The van der Waals surface area contributed by atoms with Crippen LogP contribution in [0.1, 0.15) is 40.9 Å². The minimum atomic E-state index is -0.342. The molecule has 2 nitrogen and oxygen atoms in total. The molecule has 2 rings (SSSR count). The van der Waals surface area contributed by atoms with Gasteiger partial charge in [-0.15, -0.1) is 11.3 Å². The van der Waals surface area contributed by atoms with Gasteiger partial charge in [0, 0.05) is 17.8 Å². The molecule has 0 bridgehead atoms. The molecule has 0 amide bonds. The zero-order valence-electron chi connectivity index (χ0n) is 11.8. The molecule has 0 unspecified atom stereocenters. The van der Waals surface area contributed by atoms with Crippen LogP contribution in [0.3, 0.4) is 0 Å². The van der Waals surface area contributed by atoms with E-state index in [1.54, 1.807) is 29.5 Å². The lowest BCUT2D eigenvalue weighted by atomic mass is 10.1. The van der Waals surface area contributed by atoms with Gasteiger partial charge in [0.1, 0.15) is 5.82 Å². The third kappa shape index (κ3) is 3.37. The van der Waals surface area contributed by atoms with Gasteiger partial charge >= 0.3 is 0 Å². The number of halogens is 2. The highest BCUT2D eigenvalue weighted by molar-refractivity contribution is 7.11. The normalized spacial score (nSPS) is 11.3. The summed E-state index contributed by atoms with van der Waals surface area (Å²) < 4.78 is 13.9. The van der Waals surface area contributed by atoms with Gasteiger partial charge < -0.3 is 5.32 Å². The number of aromatic nitrogens is 1. The molecule has 1 N–H and O–H groups in total. The average molecular weight is 313 g/mol. The van der Waals surface area contributed by atoms with E-state index in [1.165, 1.54) is 4.88 Å². The third-order valence-corrected chi connectivity index (χ3v) is 4.39. The maximum atomic E-state index is 13.9. The Kier molecular flexibility index (Phi) is 5.13. The van der Waals surface area contributed by atoms with Crippen molar-refractivity contribution in [1.82, 2.24) is 10.3 Å². The molecule has 2 aromatic rings. The van der Waals surface area contributed by atoms with E-state index in [0.717, 1.165) is 17.2 Å². The predicted molar refractivity (Wildman–Crippen MR) is 83.2 cm³/mol. The molecule has 1 heterocycles. The number of nitrogens with one attached hydrogen (secondary N) is 1. The van der Waals surface area contributed by atoms with Crippen LogP contribution in [0, 0.1) is 5.82 Å². The molecule has 0 saturated carbocycles. The summed E-state index contributed by atoms with van der Waals surface area (Å²) in [6, 6.07) is 5.09. The van der Waals surface area contributed by atoms with Gasteiger partial charge in [0.25, 0.3) is 0 Å². The first-order valence-electron chi connectivity index (χ1n) is 6.59. The van der Waals surface area contributed by atoms with Gasteiger partial charge in [0.2, 0.25) is 0 Å². The van der Waals surface area contributed by atoms with E-state index in [1.807, 2.05) is 7.05 Å². The highest BCUT2D eigenvalue weighted by Crippen LogP contribution is 2.28. The largest absolute Gasteiger partial charge is 0.315 e. The summed E-state index contributed by atoms with van der Waals surface area (Å²) in [5, 5.41) is 4.25. The summed E-state index contributed by atoms with van der Waals surface area (Å²) in [4.78, 5) is 5.89. The van der Waals surface area contributed by atoms with Crippen LogP contribution in [0.4, 0.5) is 4.39 Å². The van der Waals surface area contributed by atoms with Crippen LogP contribution < -0.4 is 5.32 Å². The lowest BCUT2D eigenvalue weighted by molar-refractivity contribution is 0.614. The van der Waals surface area contributed by atoms with Gasteiger partial charge in [-0.05, 0) is 24.6 Å². The molecule has 1 aromatic heterocycles. The van der Waals surface area contributed by atoms with Gasteiger partial charge in [0.15, 0.2) is 0 Å². The number of nitrogens with zero attached hydrogens (tertiary/aromatic N) is 1. The Morgan fingerprint density at radius 1 is 1.40 bits per heavy atom. The van der Waals surface area contributed by atoms with Crippen molar-refractivity contribution in [3.05, 3.63) is 50.2 Å². The Bertz CT molecular complexity index is 596. The van der Waals surface area contributed by atoms with Crippen molar-refractivity contribution in [3.63, 3.8) is 0 Å². The van der Waals surface area contributed by atoms with E-state index in [4.69, 9.17) is 11.6 Å². The minimum absolute atomic E-state index is 0.165. The van der Waals surface area contributed by atoms with Gasteiger partial charge in [-0.2, -0.15) is 0 Å². The van der Waals surface area contributed by atoms with Crippen molar-refractivity contribution in [2.24, 2.45) is 0 Å². The van der Waals surface area contributed by atoms with Crippen LogP contribution in [0.15, 0.2) is 18.2 Å². The summed E-state index contributed by atoms with van der Waals surface area (Å²) >= 11 is 7.45. The SMILES string of the molecule is CNCc1sc(Cc2cccc(Cl)c2F)nc1C(C)C. The van der Waals surface area contributed by atoms with Gasteiger partial charge in [-0.3, -0.25) is 0 Å². The van der Waals surface area contributed by atoms with E-state index >= 15 is 0 Å². The third-order valence-electron chi connectivity index (χ3n) is 3.03. The van der Waals surface area contributed by atoms with E-state index in [0.29, 0.717) is 17.9 Å². The smallest absolute Gasteiger partial charge is 0.145 e. The van der Waals surface area contributed by atoms with Crippen molar-refractivity contribution >= 4 is 22.9 Å².